The molecule has 6 heteroatoms. The average molecular weight is 869 g/mol. The van der Waals surface area contributed by atoms with Gasteiger partial charge in [-0.15, -0.1) is 0 Å². The van der Waals surface area contributed by atoms with Gasteiger partial charge in [0.05, 0.1) is 0 Å². The van der Waals surface area contributed by atoms with Gasteiger partial charge in [-0.05, 0) is 57.8 Å². The lowest BCUT2D eigenvalue weighted by atomic mass is 10.0. The van der Waals surface area contributed by atoms with Crippen molar-refractivity contribution < 1.29 is 28.6 Å². The van der Waals surface area contributed by atoms with E-state index in [-0.39, 0.29) is 37.5 Å². The molecule has 0 fully saturated rings. The maximum Gasteiger partial charge on any atom is 0.306 e. The molecule has 6 nitrogen and oxygen atoms in total. The Morgan fingerprint density at radius 1 is 0.323 bits per heavy atom. The van der Waals surface area contributed by atoms with Crippen molar-refractivity contribution in [2.45, 2.75) is 277 Å². The van der Waals surface area contributed by atoms with Crippen molar-refractivity contribution in [3.63, 3.8) is 0 Å². The van der Waals surface area contributed by atoms with Gasteiger partial charge in [-0.2, -0.15) is 0 Å². The number of rotatable bonds is 48. The molecule has 0 aromatic carbocycles. The van der Waals surface area contributed by atoms with E-state index in [9.17, 15) is 14.4 Å². The number of hydrogen-bond donors (Lipinski definition) is 0. The summed E-state index contributed by atoms with van der Waals surface area (Å²) in [4.78, 5) is 37.9. The SMILES string of the molecule is CCCCC/C=C\C/C=C\C/C=C\C/C=C\CCCC(=O)OCC(COC(=O)CCCCCCCCCCCC)OC(=O)CCCCCCCCCCCCCCCCCCC. The van der Waals surface area contributed by atoms with E-state index in [0.29, 0.717) is 19.3 Å². The molecule has 1 unspecified atom stereocenters. The number of ether oxygens (including phenoxy) is 3. The molecule has 62 heavy (non-hydrogen) atoms. The Morgan fingerprint density at radius 2 is 0.597 bits per heavy atom. The predicted molar refractivity (Wildman–Crippen MR) is 265 cm³/mol. The van der Waals surface area contributed by atoms with Gasteiger partial charge in [0.2, 0.25) is 0 Å². The van der Waals surface area contributed by atoms with Crippen molar-refractivity contribution in [3.8, 4) is 0 Å². The van der Waals surface area contributed by atoms with Gasteiger partial charge in [-0.1, -0.05) is 243 Å². The lowest BCUT2D eigenvalue weighted by Gasteiger charge is -2.18. The summed E-state index contributed by atoms with van der Waals surface area (Å²) in [5.74, 6) is -0.936. The van der Waals surface area contributed by atoms with Gasteiger partial charge in [-0.3, -0.25) is 14.4 Å². The molecule has 0 heterocycles. The van der Waals surface area contributed by atoms with Crippen LogP contribution in [-0.2, 0) is 28.6 Å². The van der Waals surface area contributed by atoms with Gasteiger partial charge in [0.15, 0.2) is 6.10 Å². The third-order valence-electron chi connectivity index (χ3n) is 11.6. The number of esters is 3. The first-order valence-corrected chi connectivity index (χ1v) is 26.6. The van der Waals surface area contributed by atoms with Gasteiger partial charge < -0.3 is 14.2 Å². The zero-order valence-electron chi connectivity index (χ0n) is 41.1. The van der Waals surface area contributed by atoms with Crippen LogP contribution in [0.5, 0.6) is 0 Å². The second kappa shape index (κ2) is 51.0. The van der Waals surface area contributed by atoms with Crippen molar-refractivity contribution in [2.24, 2.45) is 0 Å². The molecule has 0 aliphatic carbocycles. The normalized spacial score (nSPS) is 12.4. The van der Waals surface area contributed by atoms with Crippen molar-refractivity contribution in [2.75, 3.05) is 13.2 Å². The first-order valence-electron chi connectivity index (χ1n) is 26.6. The summed E-state index contributed by atoms with van der Waals surface area (Å²) >= 11 is 0. The minimum atomic E-state index is -0.789. The summed E-state index contributed by atoms with van der Waals surface area (Å²) in [6.07, 6.45) is 61.0. The fraction of sp³-hybridized carbons (Fsp3) is 0.804. The lowest BCUT2D eigenvalue weighted by molar-refractivity contribution is -0.167. The minimum absolute atomic E-state index is 0.0864. The third-order valence-corrected chi connectivity index (χ3v) is 11.6. The van der Waals surface area contributed by atoms with E-state index in [1.54, 1.807) is 0 Å². The molecular weight excluding hydrogens is 769 g/mol. The van der Waals surface area contributed by atoms with Crippen LogP contribution in [0.25, 0.3) is 0 Å². The molecule has 0 saturated carbocycles. The number of allylic oxidation sites excluding steroid dienone is 8. The first kappa shape index (κ1) is 59.4. The zero-order valence-corrected chi connectivity index (χ0v) is 41.1. The first-order chi connectivity index (χ1) is 30.5. The van der Waals surface area contributed by atoms with Crippen LogP contribution < -0.4 is 0 Å². The van der Waals surface area contributed by atoms with Crippen LogP contribution in [0.15, 0.2) is 48.6 Å². The smallest absolute Gasteiger partial charge is 0.306 e. The standard InChI is InChI=1S/C56H100O6/c1-4-7-10-13-16-19-22-24-26-28-30-32-34-37-40-43-46-49-55(58)61-52-53(51-60-54(57)48-45-42-39-36-21-18-15-12-9-6-3)62-56(59)50-47-44-41-38-35-33-31-29-27-25-23-20-17-14-11-8-5-2/h16,19,24,26,30,32,37,40,53H,4-15,17-18,20-23,25,27-29,31,33-36,38-39,41-52H2,1-3H3/b19-16-,26-24-,32-30-,40-37-. The van der Waals surface area contributed by atoms with Gasteiger partial charge in [0.1, 0.15) is 13.2 Å². The number of hydrogen-bond acceptors (Lipinski definition) is 6. The van der Waals surface area contributed by atoms with Crippen LogP contribution in [0, 0.1) is 0 Å². The molecule has 0 spiro atoms. The van der Waals surface area contributed by atoms with Crippen LogP contribution in [0.2, 0.25) is 0 Å². The Bertz CT molecular complexity index is 1090. The topological polar surface area (TPSA) is 78.9 Å². The minimum Gasteiger partial charge on any atom is -0.462 e. The fourth-order valence-electron chi connectivity index (χ4n) is 7.55. The molecule has 0 aliphatic rings. The Kier molecular flexibility index (Phi) is 48.8. The molecule has 0 saturated heterocycles. The quantitative estimate of drug-likeness (QED) is 0.0262. The Balaban J connectivity index is 4.39. The molecule has 1 atom stereocenters. The van der Waals surface area contributed by atoms with E-state index in [1.807, 2.05) is 0 Å². The summed E-state index contributed by atoms with van der Waals surface area (Å²) in [7, 11) is 0. The van der Waals surface area contributed by atoms with Crippen LogP contribution in [0.3, 0.4) is 0 Å². The van der Waals surface area contributed by atoms with Crippen LogP contribution in [0.4, 0.5) is 0 Å². The van der Waals surface area contributed by atoms with Crippen molar-refractivity contribution >= 4 is 17.9 Å². The average Bonchev–Trinajstić information content (AvgIpc) is 3.27. The van der Waals surface area contributed by atoms with E-state index < -0.39 is 6.10 Å². The zero-order chi connectivity index (χ0) is 45.1. The van der Waals surface area contributed by atoms with E-state index in [2.05, 4.69) is 69.4 Å². The Labute approximate surface area is 384 Å². The van der Waals surface area contributed by atoms with E-state index in [4.69, 9.17) is 14.2 Å². The molecule has 0 aromatic rings. The molecule has 360 valence electrons. The van der Waals surface area contributed by atoms with E-state index in [1.165, 1.54) is 161 Å². The van der Waals surface area contributed by atoms with E-state index >= 15 is 0 Å². The third kappa shape index (κ3) is 48.4. The van der Waals surface area contributed by atoms with Gasteiger partial charge in [0, 0.05) is 19.3 Å². The molecule has 0 aromatic heterocycles. The highest BCUT2D eigenvalue weighted by molar-refractivity contribution is 5.71. The highest BCUT2D eigenvalue weighted by Gasteiger charge is 2.19. The van der Waals surface area contributed by atoms with Crippen molar-refractivity contribution in [1.29, 1.82) is 0 Å². The number of carbonyl (C=O) groups excluding carboxylic acids is 3. The highest BCUT2D eigenvalue weighted by Crippen LogP contribution is 2.16. The maximum atomic E-state index is 12.8. The monoisotopic (exact) mass is 869 g/mol. The van der Waals surface area contributed by atoms with E-state index in [0.717, 1.165) is 64.2 Å². The van der Waals surface area contributed by atoms with Gasteiger partial charge >= 0.3 is 17.9 Å². The van der Waals surface area contributed by atoms with Gasteiger partial charge in [-0.25, -0.2) is 0 Å². The molecular formula is C56H100O6. The fourth-order valence-corrected chi connectivity index (χ4v) is 7.55. The van der Waals surface area contributed by atoms with Crippen LogP contribution in [0.1, 0.15) is 271 Å². The molecule has 0 rings (SSSR count). The van der Waals surface area contributed by atoms with Crippen molar-refractivity contribution in [1.82, 2.24) is 0 Å². The second-order valence-electron chi connectivity index (χ2n) is 17.8. The predicted octanol–water partition coefficient (Wildman–Crippen LogP) is 17.5. The van der Waals surface area contributed by atoms with Crippen LogP contribution in [-0.4, -0.2) is 37.2 Å². The maximum absolute atomic E-state index is 12.8. The molecule has 0 N–H and O–H groups in total. The summed E-state index contributed by atoms with van der Waals surface area (Å²) in [6, 6.07) is 0. The summed E-state index contributed by atoms with van der Waals surface area (Å²) in [5, 5.41) is 0. The second-order valence-corrected chi connectivity index (χ2v) is 17.8. The molecule has 0 bridgehead atoms. The number of carbonyl (C=O) groups is 3. The summed E-state index contributed by atoms with van der Waals surface area (Å²) in [6.45, 7) is 6.57. The van der Waals surface area contributed by atoms with Crippen molar-refractivity contribution in [3.05, 3.63) is 48.6 Å². The lowest BCUT2D eigenvalue weighted by Crippen LogP contribution is -2.30. The Morgan fingerprint density at radius 3 is 0.968 bits per heavy atom. The Hall–Kier alpha value is -2.63. The largest absolute Gasteiger partial charge is 0.462 e. The number of unbranched alkanes of at least 4 members (excludes halogenated alkanes) is 29. The highest BCUT2D eigenvalue weighted by atomic mass is 16.6. The van der Waals surface area contributed by atoms with Crippen LogP contribution >= 0.6 is 0 Å². The summed E-state index contributed by atoms with van der Waals surface area (Å²) in [5.41, 5.74) is 0. The molecule has 0 aliphatic heterocycles. The van der Waals surface area contributed by atoms with Gasteiger partial charge in [0.25, 0.3) is 0 Å². The summed E-state index contributed by atoms with van der Waals surface area (Å²) < 4.78 is 16.8. The molecule has 0 amide bonds. The molecule has 0 radical (unpaired) electrons.